The lowest BCUT2D eigenvalue weighted by atomic mass is 9.79. The second kappa shape index (κ2) is 7.70. The highest BCUT2D eigenvalue weighted by Gasteiger charge is 2.64. The first-order valence-electron chi connectivity index (χ1n) is 11.9. The Kier molecular flexibility index (Phi) is 5.71. The summed E-state index contributed by atoms with van der Waals surface area (Å²) in [6.07, 6.45) is 2.48. The summed E-state index contributed by atoms with van der Waals surface area (Å²) in [6, 6.07) is 0. The van der Waals surface area contributed by atoms with Crippen molar-refractivity contribution in [3.8, 4) is 0 Å². The van der Waals surface area contributed by atoms with Crippen LogP contribution in [0.25, 0.3) is 0 Å². The number of likely N-dealkylation sites (tertiary alicyclic amines) is 1. The summed E-state index contributed by atoms with van der Waals surface area (Å²) in [6.45, 7) is 14.3. The lowest BCUT2D eigenvalue weighted by molar-refractivity contribution is -0.364. The first kappa shape index (κ1) is 23.0. The van der Waals surface area contributed by atoms with Gasteiger partial charge in [0.25, 0.3) is 0 Å². The predicted molar refractivity (Wildman–Crippen MR) is 114 cm³/mol. The van der Waals surface area contributed by atoms with Crippen molar-refractivity contribution in [2.45, 2.75) is 116 Å². The number of piperidine rings is 1. The van der Waals surface area contributed by atoms with E-state index >= 15 is 0 Å². The number of hydrogen-bond donors (Lipinski definition) is 0. The van der Waals surface area contributed by atoms with Crippen molar-refractivity contribution in [1.82, 2.24) is 4.90 Å². The van der Waals surface area contributed by atoms with Gasteiger partial charge in [0, 0.05) is 25.3 Å². The van der Waals surface area contributed by atoms with Crippen molar-refractivity contribution in [2.75, 3.05) is 6.54 Å². The summed E-state index contributed by atoms with van der Waals surface area (Å²) in [7, 11) is 0. The molecule has 4 heterocycles. The van der Waals surface area contributed by atoms with Gasteiger partial charge in [-0.1, -0.05) is 20.8 Å². The molecular weight excluding hydrogens is 398 g/mol. The van der Waals surface area contributed by atoms with Gasteiger partial charge in [-0.2, -0.15) is 0 Å². The Hall–Kier alpha value is -1.18. The van der Waals surface area contributed by atoms with Gasteiger partial charge in [0.15, 0.2) is 11.5 Å². The lowest BCUT2D eigenvalue weighted by Gasteiger charge is -2.51. The zero-order chi connectivity index (χ0) is 22.8. The van der Waals surface area contributed by atoms with E-state index in [9.17, 15) is 9.59 Å². The Balaban J connectivity index is 1.65. The van der Waals surface area contributed by atoms with Gasteiger partial charge >= 0.3 is 6.09 Å². The minimum Gasteiger partial charge on any atom is -0.444 e. The second-order valence-electron chi connectivity index (χ2n) is 11.6. The first-order chi connectivity index (χ1) is 14.3. The number of hydrogen-bond acceptors (Lipinski definition) is 6. The molecule has 4 fully saturated rings. The molecule has 2 bridgehead atoms. The average molecular weight is 438 g/mol. The van der Waals surface area contributed by atoms with Crippen LogP contribution in [0.5, 0.6) is 0 Å². The number of carbonyl (C=O) groups is 2. The van der Waals surface area contributed by atoms with Crippen LogP contribution in [0.1, 0.15) is 80.6 Å². The van der Waals surface area contributed by atoms with E-state index in [1.54, 1.807) is 6.92 Å². The summed E-state index contributed by atoms with van der Waals surface area (Å²) in [5.41, 5.74) is -1.35. The Morgan fingerprint density at radius 3 is 2.32 bits per heavy atom. The summed E-state index contributed by atoms with van der Waals surface area (Å²) < 4.78 is 25.5. The molecular formula is C24H39NO6. The molecule has 1 spiro atoms. The molecule has 31 heavy (non-hydrogen) atoms. The number of amides is 1. The number of ether oxygens (including phenoxy) is 4. The zero-order valence-electron chi connectivity index (χ0n) is 20.1. The highest BCUT2D eigenvalue weighted by Crippen LogP contribution is 2.54. The third kappa shape index (κ3) is 4.25. The molecule has 8 atom stereocenters. The average Bonchev–Trinajstić information content (AvgIpc) is 2.95. The molecule has 4 saturated heterocycles. The molecule has 176 valence electrons. The van der Waals surface area contributed by atoms with E-state index in [1.165, 1.54) is 0 Å². The zero-order valence-corrected chi connectivity index (χ0v) is 20.1. The Morgan fingerprint density at radius 1 is 1.00 bits per heavy atom. The monoisotopic (exact) mass is 437 g/mol. The number of carbonyl (C=O) groups excluding carboxylic acids is 2. The van der Waals surface area contributed by atoms with E-state index in [4.69, 9.17) is 18.9 Å². The Labute approximate surface area is 186 Å². The molecule has 0 aromatic rings. The van der Waals surface area contributed by atoms with E-state index in [2.05, 4.69) is 20.8 Å². The number of rotatable bonds is 2. The summed E-state index contributed by atoms with van der Waals surface area (Å²) in [5.74, 6) is 0.0746. The first-order valence-corrected chi connectivity index (χ1v) is 11.9. The van der Waals surface area contributed by atoms with Crippen LogP contribution in [0.4, 0.5) is 4.79 Å². The maximum atomic E-state index is 13.3. The molecule has 7 heteroatoms. The third-order valence-corrected chi connectivity index (χ3v) is 7.20. The molecule has 0 radical (unpaired) electrons. The molecule has 1 amide bonds. The van der Waals surface area contributed by atoms with Crippen LogP contribution in [-0.4, -0.2) is 58.7 Å². The van der Waals surface area contributed by atoms with E-state index < -0.39 is 17.1 Å². The number of ketones is 1. The molecule has 0 N–H and O–H groups in total. The SMILES string of the molecule is CC(=O)C[C@]12C[C@H](C)C[C@H](O1)[C@@H]1O[C@]3(C[C@@H]1O2)[C@H](C)C[C@H](C)CN3C(=O)OC(C)(C)C. The maximum absolute atomic E-state index is 13.3. The Bertz CT molecular complexity index is 734. The second-order valence-corrected chi connectivity index (χ2v) is 11.6. The van der Waals surface area contributed by atoms with Gasteiger partial charge in [-0.15, -0.1) is 0 Å². The fraction of sp³-hybridized carbons (Fsp3) is 0.917. The maximum Gasteiger partial charge on any atom is 0.412 e. The van der Waals surface area contributed by atoms with Crippen molar-refractivity contribution in [3.63, 3.8) is 0 Å². The van der Waals surface area contributed by atoms with E-state index in [1.807, 2.05) is 25.7 Å². The number of fused-ring (bicyclic) bond motifs is 4. The van der Waals surface area contributed by atoms with Crippen molar-refractivity contribution < 1.29 is 28.5 Å². The fourth-order valence-corrected chi connectivity index (χ4v) is 6.29. The standard InChI is InChI=1S/C24H39NO6/c1-14-9-18-20-19(29-23(10-14,28-18)11-17(4)26)12-24(30-20)16(3)8-15(2)13-25(24)21(27)31-22(5,6)7/h14-16,18-20H,8-13H2,1-7H3/t14-,15+,16-,18+,19+,20+,23-,24-/m1/s1. The highest BCUT2D eigenvalue weighted by atomic mass is 16.7. The lowest BCUT2D eigenvalue weighted by Crippen LogP contribution is -2.62. The van der Waals surface area contributed by atoms with Gasteiger partial charge in [-0.3, -0.25) is 9.69 Å². The minimum absolute atomic E-state index is 0.0650. The van der Waals surface area contributed by atoms with Crippen molar-refractivity contribution >= 4 is 11.9 Å². The van der Waals surface area contributed by atoms with E-state index in [0.717, 1.165) is 12.8 Å². The van der Waals surface area contributed by atoms with Gasteiger partial charge in [-0.05, 0) is 52.4 Å². The molecule has 0 saturated carbocycles. The van der Waals surface area contributed by atoms with Crippen LogP contribution < -0.4 is 0 Å². The van der Waals surface area contributed by atoms with Crippen LogP contribution in [0.15, 0.2) is 0 Å². The quantitative estimate of drug-likeness (QED) is 0.642. The highest BCUT2D eigenvalue weighted by molar-refractivity contribution is 5.76. The number of nitrogens with zero attached hydrogens (tertiary/aromatic N) is 1. The van der Waals surface area contributed by atoms with Crippen molar-refractivity contribution in [3.05, 3.63) is 0 Å². The van der Waals surface area contributed by atoms with Crippen LogP contribution >= 0.6 is 0 Å². The smallest absolute Gasteiger partial charge is 0.412 e. The molecule has 0 aromatic heterocycles. The van der Waals surface area contributed by atoms with Gasteiger partial charge < -0.3 is 18.9 Å². The van der Waals surface area contributed by atoms with Gasteiger partial charge in [0.05, 0.1) is 18.6 Å². The van der Waals surface area contributed by atoms with E-state index in [0.29, 0.717) is 31.2 Å². The summed E-state index contributed by atoms with van der Waals surface area (Å²) in [5, 5.41) is 0. The van der Waals surface area contributed by atoms with E-state index in [-0.39, 0.29) is 42.5 Å². The van der Waals surface area contributed by atoms with Crippen LogP contribution in [0, 0.1) is 17.8 Å². The molecule has 0 unspecified atom stereocenters. The van der Waals surface area contributed by atoms with Gasteiger partial charge in [0.1, 0.15) is 17.5 Å². The van der Waals surface area contributed by atoms with Crippen LogP contribution in [-0.2, 0) is 23.7 Å². The van der Waals surface area contributed by atoms with Crippen molar-refractivity contribution in [1.29, 1.82) is 0 Å². The Morgan fingerprint density at radius 2 is 1.68 bits per heavy atom. The topological polar surface area (TPSA) is 74.3 Å². The molecule has 0 aliphatic carbocycles. The largest absolute Gasteiger partial charge is 0.444 e. The minimum atomic E-state index is -0.869. The fourth-order valence-electron chi connectivity index (χ4n) is 6.29. The molecule has 4 rings (SSSR count). The van der Waals surface area contributed by atoms with Gasteiger partial charge in [0.2, 0.25) is 0 Å². The van der Waals surface area contributed by atoms with Gasteiger partial charge in [-0.25, -0.2) is 4.79 Å². The molecule has 4 aliphatic rings. The normalized spacial score (nSPS) is 44.8. The third-order valence-electron chi connectivity index (χ3n) is 7.20. The van der Waals surface area contributed by atoms with Crippen LogP contribution in [0.2, 0.25) is 0 Å². The predicted octanol–water partition coefficient (Wildman–Crippen LogP) is 4.27. The molecule has 7 nitrogen and oxygen atoms in total. The van der Waals surface area contributed by atoms with Crippen LogP contribution in [0.3, 0.4) is 0 Å². The number of Topliss-reactive ketones (excluding diaryl/α,β-unsaturated/α-hetero) is 1. The van der Waals surface area contributed by atoms with Crippen molar-refractivity contribution in [2.24, 2.45) is 17.8 Å². The summed E-state index contributed by atoms with van der Waals surface area (Å²) in [4.78, 5) is 27.1. The molecule has 0 aromatic carbocycles. The molecule has 4 aliphatic heterocycles. The summed E-state index contributed by atoms with van der Waals surface area (Å²) >= 11 is 0.